The molecule has 3 rings (SSSR count). The van der Waals surface area contributed by atoms with Crippen LogP contribution in [-0.4, -0.2) is 26.4 Å². The first-order valence-corrected chi connectivity index (χ1v) is 9.55. The Balaban J connectivity index is 2.10. The molecule has 0 amide bonds. The molecule has 114 valence electrons. The first-order chi connectivity index (χ1) is 10.3. The summed E-state index contributed by atoms with van der Waals surface area (Å²) in [4.78, 5) is 4.78. The van der Waals surface area contributed by atoms with E-state index in [1.807, 2.05) is 12.1 Å². The molecule has 1 aliphatic carbocycles. The van der Waals surface area contributed by atoms with Crippen LogP contribution in [0.1, 0.15) is 38.1 Å². The van der Waals surface area contributed by atoms with Crippen LogP contribution in [0.5, 0.6) is 0 Å². The average Bonchev–Trinajstić information content (AvgIpc) is 3.04. The van der Waals surface area contributed by atoms with Gasteiger partial charge in [0.15, 0.2) is 0 Å². The van der Waals surface area contributed by atoms with Gasteiger partial charge in [0.1, 0.15) is 11.3 Å². The summed E-state index contributed by atoms with van der Waals surface area (Å²) < 4.78 is 2.42. The largest absolute Gasteiger partial charge is 0.324 e. The van der Waals surface area contributed by atoms with E-state index < -0.39 is 0 Å². The zero-order valence-electron chi connectivity index (χ0n) is 12.2. The van der Waals surface area contributed by atoms with E-state index in [4.69, 9.17) is 28.2 Å². The molecule has 1 aromatic heterocycles. The predicted octanol–water partition coefficient (Wildman–Crippen LogP) is 5.32. The van der Waals surface area contributed by atoms with Crippen molar-refractivity contribution in [3.63, 3.8) is 0 Å². The minimum Gasteiger partial charge on any atom is -0.324 e. The Labute approximate surface area is 140 Å². The first-order valence-electron chi connectivity index (χ1n) is 7.59. The van der Waals surface area contributed by atoms with E-state index in [2.05, 4.69) is 29.3 Å². The summed E-state index contributed by atoms with van der Waals surface area (Å²) in [5.41, 5.74) is 2.09. The number of hydrogen-bond acceptors (Lipinski definition) is 2. The van der Waals surface area contributed by atoms with Gasteiger partial charge in [0.25, 0.3) is 0 Å². The number of alkyl halides is 1. The van der Waals surface area contributed by atoms with Gasteiger partial charge in [-0.2, -0.15) is 11.8 Å². The molecule has 5 heteroatoms. The fraction of sp³-hybridized carbons (Fsp3) is 0.562. The zero-order valence-corrected chi connectivity index (χ0v) is 14.5. The lowest BCUT2D eigenvalue weighted by Crippen LogP contribution is -2.19. The van der Waals surface area contributed by atoms with Gasteiger partial charge in [-0.05, 0) is 30.7 Å². The number of rotatable bonds is 5. The quantitative estimate of drug-likeness (QED) is 0.684. The van der Waals surface area contributed by atoms with Crippen molar-refractivity contribution in [1.82, 2.24) is 9.55 Å². The van der Waals surface area contributed by atoms with Crippen LogP contribution in [0, 0.1) is 0 Å². The number of imidazole rings is 1. The zero-order chi connectivity index (χ0) is 14.8. The summed E-state index contributed by atoms with van der Waals surface area (Å²) in [6.07, 6.45) is 4.62. The van der Waals surface area contributed by atoms with Crippen LogP contribution < -0.4 is 0 Å². The topological polar surface area (TPSA) is 17.8 Å². The van der Waals surface area contributed by atoms with Crippen molar-refractivity contribution in [2.45, 2.75) is 43.9 Å². The Kier molecular flexibility index (Phi) is 5.03. The highest BCUT2D eigenvalue weighted by molar-refractivity contribution is 7.99. The highest BCUT2D eigenvalue weighted by Crippen LogP contribution is 2.41. The molecule has 0 N–H and O–H groups in total. The third kappa shape index (κ3) is 2.93. The van der Waals surface area contributed by atoms with Crippen molar-refractivity contribution >= 4 is 46.0 Å². The minimum atomic E-state index is 0.525. The second kappa shape index (κ2) is 6.80. The van der Waals surface area contributed by atoms with Gasteiger partial charge >= 0.3 is 0 Å². The average molecular weight is 343 g/mol. The number of nitrogens with zero attached hydrogens (tertiary/aromatic N) is 2. The normalized spacial score (nSPS) is 22.2. The van der Waals surface area contributed by atoms with Crippen LogP contribution in [0.2, 0.25) is 5.02 Å². The van der Waals surface area contributed by atoms with Gasteiger partial charge in [-0.1, -0.05) is 31.0 Å². The van der Waals surface area contributed by atoms with Crippen molar-refractivity contribution in [3.05, 3.63) is 29.0 Å². The van der Waals surface area contributed by atoms with Gasteiger partial charge in [0.05, 0.1) is 10.5 Å². The molecule has 0 saturated heterocycles. The van der Waals surface area contributed by atoms with Crippen molar-refractivity contribution in [2.24, 2.45) is 0 Å². The van der Waals surface area contributed by atoms with Gasteiger partial charge in [0, 0.05) is 23.6 Å². The van der Waals surface area contributed by atoms with E-state index in [0.717, 1.165) is 28.3 Å². The SMILES string of the molecule is CCSC1CCCC1n1c(CCCl)nc2c(Cl)cccc21. The van der Waals surface area contributed by atoms with Gasteiger partial charge in [-0.25, -0.2) is 4.98 Å². The van der Waals surface area contributed by atoms with E-state index in [1.165, 1.54) is 25.0 Å². The third-order valence-corrected chi connectivity index (χ3v) is 6.00. The first kappa shape index (κ1) is 15.5. The Bertz CT molecular complexity index is 626. The molecular formula is C16H20Cl2N2S. The smallest absolute Gasteiger partial charge is 0.111 e. The molecule has 1 heterocycles. The fourth-order valence-corrected chi connectivity index (χ4v) is 4.99. The minimum absolute atomic E-state index is 0.525. The third-order valence-electron chi connectivity index (χ3n) is 4.19. The lowest BCUT2D eigenvalue weighted by atomic mass is 10.2. The van der Waals surface area contributed by atoms with E-state index in [0.29, 0.717) is 17.2 Å². The van der Waals surface area contributed by atoms with Crippen molar-refractivity contribution in [3.8, 4) is 0 Å². The van der Waals surface area contributed by atoms with Crippen molar-refractivity contribution < 1.29 is 0 Å². The lowest BCUT2D eigenvalue weighted by Gasteiger charge is -2.23. The molecule has 2 aromatic rings. The molecule has 0 spiro atoms. The summed E-state index contributed by atoms with van der Waals surface area (Å²) in [5.74, 6) is 2.85. The molecule has 2 atom stereocenters. The summed E-state index contributed by atoms with van der Waals surface area (Å²) in [7, 11) is 0. The highest BCUT2D eigenvalue weighted by atomic mass is 35.5. The molecule has 2 nitrogen and oxygen atoms in total. The summed E-state index contributed by atoms with van der Waals surface area (Å²) in [5, 5.41) is 1.42. The summed E-state index contributed by atoms with van der Waals surface area (Å²) in [6.45, 7) is 2.24. The molecule has 1 aromatic carbocycles. The van der Waals surface area contributed by atoms with E-state index in [9.17, 15) is 0 Å². The number of thioether (sulfide) groups is 1. The summed E-state index contributed by atoms with van der Waals surface area (Å²) in [6, 6.07) is 6.59. The Morgan fingerprint density at radius 1 is 1.38 bits per heavy atom. The standard InChI is InChI=1S/C16H20Cl2N2S/c1-2-21-14-8-4-6-12(14)20-13-7-3-5-11(18)16(13)19-15(20)9-10-17/h3,5,7,12,14H,2,4,6,8-10H2,1H3. The summed E-state index contributed by atoms with van der Waals surface area (Å²) >= 11 is 14.4. The van der Waals surface area contributed by atoms with Crippen LogP contribution in [-0.2, 0) is 6.42 Å². The predicted molar refractivity (Wildman–Crippen MR) is 94.0 cm³/mol. The number of hydrogen-bond donors (Lipinski definition) is 0. The molecule has 1 fully saturated rings. The van der Waals surface area contributed by atoms with E-state index in [1.54, 1.807) is 0 Å². The van der Waals surface area contributed by atoms with Crippen molar-refractivity contribution in [1.29, 1.82) is 0 Å². The molecule has 1 saturated carbocycles. The maximum Gasteiger partial charge on any atom is 0.111 e. The Morgan fingerprint density at radius 2 is 2.24 bits per heavy atom. The van der Waals surface area contributed by atoms with Crippen molar-refractivity contribution in [2.75, 3.05) is 11.6 Å². The Morgan fingerprint density at radius 3 is 3.00 bits per heavy atom. The van der Waals surface area contributed by atoms with Gasteiger partial charge in [0.2, 0.25) is 0 Å². The number of aryl methyl sites for hydroxylation is 1. The van der Waals surface area contributed by atoms with Gasteiger partial charge in [-0.3, -0.25) is 0 Å². The van der Waals surface area contributed by atoms with Crippen LogP contribution in [0.25, 0.3) is 11.0 Å². The van der Waals surface area contributed by atoms with Crippen LogP contribution in [0.15, 0.2) is 18.2 Å². The monoisotopic (exact) mass is 342 g/mol. The number of benzene rings is 1. The maximum atomic E-state index is 6.33. The van der Waals surface area contributed by atoms with Crippen LogP contribution in [0.3, 0.4) is 0 Å². The van der Waals surface area contributed by atoms with Gasteiger partial charge < -0.3 is 4.57 Å². The Hall–Kier alpha value is -0.380. The molecule has 2 unspecified atom stereocenters. The second-order valence-corrected chi connectivity index (χ2v) is 7.74. The lowest BCUT2D eigenvalue weighted by molar-refractivity contribution is 0.522. The van der Waals surface area contributed by atoms with Crippen LogP contribution >= 0.6 is 35.0 Å². The van der Waals surface area contributed by atoms with Gasteiger partial charge in [-0.15, -0.1) is 11.6 Å². The molecule has 0 aliphatic heterocycles. The highest BCUT2D eigenvalue weighted by Gasteiger charge is 2.31. The second-order valence-electron chi connectivity index (χ2n) is 5.44. The number of para-hydroxylation sites is 1. The molecular weight excluding hydrogens is 323 g/mol. The molecule has 1 aliphatic rings. The number of aromatic nitrogens is 2. The van der Waals surface area contributed by atoms with E-state index in [-0.39, 0.29) is 0 Å². The maximum absolute atomic E-state index is 6.33. The van der Waals surface area contributed by atoms with E-state index >= 15 is 0 Å². The van der Waals surface area contributed by atoms with Crippen LogP contribution in [0.4, 0.5) is 0 Å². The number of fused-ring (bicyclic) bond motifs is 1. The number of halogens is 2. The molecule has 0 bridgehead atoms. The molecule has 0 radical (unpaired) electrons. The fourth-order valence-electron chi connectivity index (χ4n) is 3.37. The molecule has 21 heavy (non-hydrogen) atoms.